The zero-order valence-corrected chi connectivity index (χ0v) is 19.1. The van der Waals surface area contributed by atoms with Crippen molar-refractivity contribution in [2.24, 2.45) is 4.99 Å². The van der Waals surface area contributed by atoms with Crippen molar-refractivity contribution in [1.29, 1.82) is 0 Å². The molecule has 0 fully saturated rings. The Balaban J connectivity index is 1.42. The van der Waals surface area contributed by atoms with Gasteiger partial charge in [0.15, 0.2) is 5.78 Å². The number of benzene rings is 2. The van der Waals surface area contributed by atoms with E-state index in [1.165, 1.54) is 18.5 Å². The number of Topliss-reactive ketones (excluding diaryl/α,β-unsaturated/α-hetero) is 1. The van der Waals surface area contributed by atoms with Crippen LogP contribution in [-0.4, -0.2) is 26.9 Å². The molecule has 5 rings (SSSR count). The maximum atomic E-state index is 14.6. The molecule has 2 aromatic carbocycles. The molecule has 0 atom stereocenters. The molecule has 1 aliphatic heterocycles. The molecule has 0 spiro atoms. The lowest BCUT2D eigenvalue weighted by Gasteiger charge is -2.12. The molecule has 10 heteroatoms. The highest BCUT2D eigenvalue weighted by Gasteiger charge is 2.34. The maximum Gasteiger partial charge on any atom is 0.419 e. The minimum absolute atomic E-state index is 0.00499. The largest absolute Gasteiger partial charge is 0.419 e. The number of aliphatic imine (C=N–C) groups is 1. The zero-order chi connectivity index (χ0) is 26.2. The van der Waals surface area contributed by atoms with Gasteiger partial charge in [0.1, 0.15) is 29.3 Å². The van der Waals surface area contributed by atoms with E-state index in [9.17, 15) is 26.7 Å². The van der Waals surface area contributed by atoms with Gasteiger partial charge in [-0.25, -0.2) is 18.7 Å². The first kappa shape index (κ1) is 24.4. The molecule has 0 bridgehead atoms. The van der Waals surface area contributed by atoms with Crippen LogP contribution in [0.15, 0.2) is 66.0 Å². The number of hydrogen-bond acceptors (Lipinski definition) is 5. The van der Waals surface area contributed by atoms with E-state index in [1.807, 2.05) is 6.07 Å². The van der Waals surface area contributed by atoms with E-state index < -0.39 is 35.6 Å². The standard InChI is InChI=1S/C27H17F5N4O/c28-20-5-3-15(10-17(20)13-24(37)16-4-6-21(29)19(12-16)27(30,31)32)11-23-18(2-1-8-33-23)25-26-22(7-9-34-26)35-14-36-25/h1-6,8-10,12,14H,7,11,13H2. The highest BCUT2D eigenvalue weighted by Crippen LogP contribution is 2.35. The Hall–Kier alpha value is -4.34. The number of carbonyl (C=O) groups excluding carboxylic acids is 1. The minimum Gasteiger partial charge on any atom is -0.294 e. The summed E-state index contributed by atoms with van der Waals surface area (Å²) in [4.78, 5) is 30.1. The fourth-order valence-electron chi connectivity index (χ4n) is 4.17. The van der Waals surface area contributed by atoms with E-state index in [-0.39, 0.29) is 17.5 Å². The predicted molar refractivity (Wildman–Crippen MR) is 126 cm³/mol. The van der Waals surface area contributed by atoms with Crippen molar-refractivity contribution in [2.45, 2.75) is 25.4 Å². The van der Waals surface area contributed by atoms with Crippen LogP contribution in [0.25, 0.3) is 11.3 Å². The third-order valence-corrected chi connectivity index (χ3v) is 5.97. The molecule has 0 saturated heterocycles. The van der Waals surface area contributed by atoms with Gasteiger partial charge in [0, 0.05) is 42.8 Å². The lowest BCUT2D eigenvalue weighted by molar-refractivity contribution is -0.140. The van der Waals surface area contributed by atoms with Crippen molar-refractivity contribution in [3.05, 3.63) is 106 Å². The van der Waals surface area contributed by atoms with Crippen LogP contribution in [0.2, 0.25) is 0 Å². The van der Waals surface area contributed by atoms with Crippen LogP contribution in [0.3, 0.4) is 0 Å². The number of halogens is 5. The molecule has 1 aliphatic rings. The van der Waals surface area contributed by atoms with Crippen molar-refractivity contribution in [3.8, 4) is 11.3 Å². The minimum atomic E-state index is -4.96. The number of fused-ring (bicyclic) bond motifs is 1. The summed E-state index contributed by atoms with van der Waals surface area (Å²) in [7, 11) is 0. The third-order valence-electron chi connectivity index (χ3n) is 5.97. The van der Waals surface area contributed by atoms with Crippen LogP contribution in [0.5, 0.6) is 0 Å². The molecule has 0 N–H and O–H groups in total. The van der Waals surface area contributed by atoms with Gasteiger partial charge in [-0.2, -0.15) is 13.2 Å². The number of nitrogens with zero attached hydrogens (tertiary/aromatic N) is 4. The average Bonchev–Trinajstić information content (AvgIpc) is 3.35. The molecule has 3 heterocycles. The van der Waals surface area contributed by atoms with E-state index in [4.69, 9.17) is 0 Å². The smallest absolute Gasteiger partial charge is 0.294 e. The fraction of sp³-hybridized carbons (Fsp3) is 0.148. The summed E-state index contributed by atoms with van der Waals surface area (Å²) in [6.07, 6.45) is 0.252. The number of pyridine rings is 1. The Morgan fingerprint density at radius 1 is 0.946 bits per heavy atom. The lowest BCUT2D eigenvalue weighted by Crippen LogP contribution is -2.12. The van der Waals surface area contributed by atoms with Gasteiger partial charge in [0.2, 0.25) is 0 Å². The van der Waals surface area contributed by atoms with Gasteiger partial charge in [-0.3, -0.25) is 14.8 Å². The Labute approximate surface area is 207 Å². The van der Waals surface area contributed by atoms with Gasteiger partial charge in [0.05, 0.1) is 17.0 Å². The van der Waals surface area contributed by atoms with Gasteiger partial charge >= 0.3 is 6.18 Å². The summed E-state index contributed by atoms with van der Waals surface area (Å²) >= 11 is 0. The van der Waals surface area contributed by atoms with Gasteiger partial charge < -0.3 is 0 Å². The van der Waals surface area contributed by atoms with E-state index in [2.05, 4.69) is 19.9 Å². The van der Waals surface area contributed by atoms with Crippen LogP contribution in [0, 0.1) is 11.6 Å². The van der Waals surface area contributed by atoms with Crippen molar-refractivity contribution < 1.29 is 26.7 Å². The maximum absolute atomic E-state index is 14.6. The van der Waals surface area contributed by atoms with E-state index >= 15 is 0 Å². The van der Waals surface area contributed by atoms with Crippen molar-refractivity contribution >= 4 is 17.7 Å². The van der Waals surface area contributed by atoms with Gasteiger partial charge in [-0.05, 0) is 47.5 Å². The Kier molecular flexibility index (Phi) is 6.32. The quantitative estimate of drug-likeness (QED) is 0.233. The molecule has 37 heavy (non-hydrogen) atoms. The highest BCUT2D eigenvalue weighted by atomic mass is 19.4. The lowest BCUT2D eigenvalue weighted by atomic mass is 9.96. The first-order chi connectivity index (χ1) is 17.7. The summed E-state index contributed by atoms with van der Waals surface area (Å²) in [5, 5.41) is 0. The Morgan fingerprint density at radius 2 is 1.76 bits per heavy atom. The van der Waals surface area contributed by atoms with Crippen molar-refractivity contribution in [2.75, 3.05) is 0 Å². The molecule has 186 valence electrons. The molecular weight excluding hydrogens is 491 g/mol. The van der Waals surface area contributed by atoms with Crippen LogP contribution in [-0.2, 0) is 25.4 Å². The first-order valence-corrected chi connectivity index (χ1v) is 11.2. The summed E-state index contributed by atoms with van der Waals surface area (Å²) in [5.41, 5.74) is 2.20. The summed E-state index contributed by atoms with van der Waals surface area (Å²) in [6.45, 7) is 0. The normalized spacial score (nSPS) is 12.6. The number of hydrogen-bond donors (Lipinski definition) is 0. The number of rotatable bonds is 6. The molecular formula is C27H17F5N4O. The molecule has 0 radical (unpaired) electrons. The van der Waals surface area contributed by atoms with Crippen molar-refractivity contribution in [1.82, 2.24) is 15.0 Å². The second-order valence-electron chi connectivity index (χ2n) is 8.43. The zero-order valence-electron chi connectivity index (χ0n) is 19.1. The average molecular weight is 508 g/mol. The molecule has 0 aliphatic carbocycles. The fourth-order valence-corrected chi connectivity index (χ4v) is 4.17. The number of ketones is 1. The van der Waals surface area contributed by atoms with Gasteiger partial charge in [-0.15, -0.1) is 0 Å². The number of aromatic nitrogens is 3. The molecule has 5 nitrogen and oxygen atoms in total. The highest BCUT2D eigenvalue weighted by molar-refractivity contribution is 5.97. The second kappa shape index (κ2) is 9.61. The monoisotopic (exact) mass is 508 g/mol. The topological polar surface area (TPSA) is 68.1 Å². The molecule has 0 amide bonds. The van der Waals surface area contributed by atoms with E-state index in [0.29, 0.717) is 41.2 Å². The van der Waals surface area contributed by atoms with Crippen LogP contribution >= 0.6 is 0 Å². The summed E-state index contributed by atoms with van der Waals surface area (Å²) in [6, 6.07) is 9.81. The Bertz CT molecular complexity index is 1550. The summed E-state index contributed by atoms with van der Waals surface area (Å²) < 4.78 is 67.3. The van der Waals surface area contributed by atoms with Crippen LogP contribution in [0.4, 0.5) is 27.6 Å². The van der Waals surface area contributed by atoms with Crippen LogP contribution in [0.1, 0.15) is 38.4 Å². The predicted octanol–water partition coefficient (Wildman–Crippen LogP) is 6.11. The van der Waals surface area contributed by atoms with Gasteiger partial charge in [0.25, 0.3) is 0 Å². The molecule has 4 aromatic rings. The first-order valence-electron chi connectivity index (χ1n) is 11.2. The number of carbonyl (C=O) groups is 1. The van der Waals surface area contributed by atoms with Crippen molar-refractivity contribution in [3.63, 3.8) is 0 Å². The van der Waals surface area contributed by atoms with Gasteiger partial charge in [-0.1, -0.05) is 12.1 Å². The van der Waals surface area contributed by atoms with Crippen LogP contribution < -0.4 is 0 Å². The summed E-state index contributed by atoms with van der Waals surface area (Å²) in [5.74, 6) is -2.93. The second-order valence-corrected chi connectivity index (χ2v) is 8.43. The number of alkyl halides is 3. The van der Waals surface area contributed by atoms with E-state index in [1.54, 1.807) is 24.5 Å². The third kappa shape index (κ3) is 5.00. The molecule has 0 saturated carbocycles. The Morgan fingerprint density at radius 3 is 2.57 bits per heavy atom. The molecule has 0 unspecified atom stereocenters. The SMILES string of the molecule is O=C(Cc1cc(Cc2ncccc2-c2ncnc3c2N=CC3)ccc1F)c1ccc(F)c(C(F)(F)F)c1. The molecule has 2 aromatic heterocycles. The van der Waals surface area contributed by atoms with E-state index in [0.717, 1.165) is 17.3 Å².